The van der Waals surface area contributed by atoms with Gasteiger partial charge in [-0.25, -0.2) is 8.42 Å². The summed E-state index contributed by atoms with van der Waals surface area (Å²) in [5.41, 5.74) is 1.32. The number of piperidine rings is 1. The lowest BCUT2D eigenvalue weighted by Gasteiger charge is -2.34. The molecule has 1 N–H and O–H groups in total. The first-order chi connectivity index (χ1) is 9.37. The Hall–Kier alpha value is -0.910. The molecule has 1 fully saturated rings. The molecule has 4 nitrogen and oxygen atoms in total. The van der Waals surface area contributed by atoms with Gasteiger partial charge in [-0.1, -0.05) is 26.0 Å². The minimum atomic E-state index is -3.46. The Bertz CT molecular complexity index is 583. The number of rotatable bonds is 3. The Morgan fingerprint density at radius 2 is 2.00 bits per heavy atom. The van der Waals surface area contributed by atoms with Gasteiger partial charge in [-0.3, -0.25) is 0 Å². The lowest BCUT2D eigenvalue weighted by atomic mass is 9.90. The monoisotopic (exact) mass is 297 g/mol. The number of nitrogens with zero attached hydrogens (tertiary/aromatic N) is 1. The Balaban J connectivity index is 2.36. The zero-order valence-electron chi connectivity index (χ0n) is 12.3. The van der Waals surface area contributed by atoms with Crippen LogP contribution >= 0.6 is 0 Å². The van der Waals surface area contributed by atoms with E-state index in [1.54, 1.807) is 29.4 Å². The van der Waals surface area contributed by atoms with Crippen molar-refractivity contribution >= 4 is 10.0 Å². The molecule has 0 aliphatic carbocycles. The summed E-state index contributed by atoms with van der Waals surface area (Å²) in [5.74, 6) is 0.936. The first-order valence-corrected chi connectivity index (χ1v) is 8.51. The Kier molecular flexibility index (Phi) is 4.52. The summed E-state index contributed by atoms with van der Waals surface area (Å²) in [5, 5.41) is 9.29. The summed E-state index contributed by atoms with van der Waals surface area (Å²) >= 11 is 0. The number of benzene rings is 1. The topological polar surface area (TPSA) is 57.6 Å². The van der Waals surface area contributed by atoms with Gasteiger partial charge in [0.15, 0.2) is 0 Å². The predicted molar refractivity (Wildman–Crippen MR) is 78.8 cm³/mol. The number of hydrogen-bond donors (Lipinski definition) is 1. The Morgan fingerprint density at radius 3 is 2.60 bits per heavy atom. The van der Waals surface area contributed by atoms with Gasteiger partial charge in [0, 0.05) is 13.1 Å². The van der Waals surface area contributed by atoms with Crippen LogP contribution < -0.4 is 0 Å². The maximum absolute atomic E-state index is 12.8. The van der Waals surface area contributed by atoms with Crippen LogP contribution in [0.2, 0.25) is 0 Å². The van der Waals surface area contributed by atoms with E-state index < -0.39 is 10.0 Å². The summed E-state index contributed by atoms with van der Waals surface area (Å²) < 4.78 is 27.1. The minimum absolute atomic E-state index is 0.136. The minimum Gasteiger partial charge on any atom is -0.392 e. The van der Waals surface area contributed by atoms with Gasteiger partial charge in [-0.15, -0.1) is 0 Å². The van der Waals surface area contributed by atoms with Gasteiger partial charge in [0.05, 0.1) is 11.5 Å². The maximum atomic E-state index is 12.8. The molecule has 112 valence electrons. The average molecular weight is 297 g/mol. The molecule has 2 atom stereocenters. The zero-order valence-corrected chi connectivity index (χ0v) is 13.2. The largest absolute Gasteiger partial charge is 0.392 e. The van der Waals surface area contributed by atoms with Crippen molar-refractivity contribution in [1.82, 2.24) is 4.31 Å². The molecule has 1 aromatic rings. The van der Waals surface area contributed by atoms with E-state index >= 15 is 0 Å². The highest BCUT2D eigenvalue weighted by atomic mass is 32.2. The maximum Gasteiger partial charge on any atom is 0.243 e. The fourth-order valence-corrected chi connectivity index (χ4v) is 4.52. The van der Waals surface area contributed by atoms with E-state index in [-0.39, 0.29) is 6.61 Å². The van der Waals surface area contributed by atoms with E-state index in [1.165, 1.54) is 0 Å². The highest BCUT2D eigenvalue weighted by Gasteiger charge is 2.32. The summed E-state index contributed by atoms with van der Waals surface area (Å²) in [4.78, 5) is 0.325. The zero-order chi connectivity index (χ0) is 14.9. The van der Waals surface area contributed by atoms with Gasteiger partial charge in [0.1, 0.15) is 0 Å². The second-order valence-electron chi connectivity index (χ2n) is 5.80. The van der Waals surface area contributed by atoms with Crippen molar-refractivity contribution in [2.75, 3.05) is 13.1 Å². The molecule has 0 spiro atoms. The summed E-state index contributed by atoms with van der Waals surface area (Å²) in [6.07, 6.45) is 0.902. The van der Waals surface area contributed by atoms with E-state index in [4.69, 9.17) is 0 Å². The normalized spacial score (nSPS) is 24.8. The molecular weight excluding hydrogens is 274 g/mol. The molecule has 0 saturated carbocycles. The lowest BCUT2D eigenvalue weighted by Crippen LogP contribution is -2.42. The molecule has 2 unspecified atom stereocenters. The summed E-state index contributed by atoms with van der Waals surface area (Å²) in [7, 11) is -3.46. The fourth-order valence-electron chi connectivity index (χ4n) is 2.69. The van der Waals surface area contributed by atoms with Crippen LogP contribution in [0.25, 0.3) is 0 Å². The van der Waals surface area contributed by atoms with Gasteiger partial charge in [0.25, 0.3) is 0 Å². The molecule has 1 aromatic carbocycles. The van der Waals surface area contributed by atoms with Crippen LogP contribution in [0.3, 0.4) is 0 Å². The van der Waals surface area contributed by atoms with Crippen LogP contribution in [0, 0.1) is 18.8 Å². The average Bonchev–Trinajstić information content (AvgIpc) is 2.41. The van der Waals surface area contributed by atoms with Crippen LogP contribution in [-0.2, 0) is 16.6 Å². The molecule has 0 bridgehead atoms. The van der Waals surface area contributed by atoms with E-state index in [0.717, 1.165) is 6.42 Å². The van der Waals surface area contributed by atoms with E-state index in [1.807, 2.05) is 0 Å². The first kappa shape index (κ1) is 15.5. The Morgan fingerprint density at radius 1 is 1.30 bits per heavy atom. The number of hydrogen-bond acceptors (Lipinski definition) is 3. The van der Waals surface area contributed by atoms with Crippen LogP contribution in [0.15, 0.2) is 23.1 Å². The summed E-state index contributed by atoms with van der Waals surface area (Å²) in [6, 6.07) is 5.09. The highest BCUT2D eigenvalue weighted by molar-refractivity contribution is 7.89. The van der Waals surface area contributed by atoms with Gasteiger partial charge in [-0.2, -0.15) is 4.31 Å². The van der Waals surface area contributed by atoms with Crippen molar-refractivity contribution in [3.8, 4) is 0 Å². The van der Waals surface area contributed by atoms with Crippen molar-refractivity contribution in [2.45, 2.75) is 38.7 Å². The number of sulfonamides is 1. The molecule has 1 aliphatic heterocycles. The van der Waals surface area contributed by atoms with Crippen LogP contribution in [0.5, 0.6) is 0 Å². The molecule has 0 aromatic heterocycles. The van der Waals surface area contributed by atoms with E-state index in [0.29, 0.717) is 40.9 Å². The van der Waals surface area contributed by atoms with Gasteiger partial charge >= 0.3 is 0 Å². The second kappa shape index (κ2) is 5.84. The van der Waals surface area contributed by atoms with Gasteiger partial charge < -0.3 is 5.11 Å². The Labute approximate surface area is 121 Å². The predicted octanol–water partition coefficient (Wildman–Crippen LogP) is 2.15. The van der Waals surface area contributed by atoms with Crippen molar-refractivity contribution in [1.29, 1.82) is 0 Å². The molecule has 1 saturated heterocycles. The van der Waals surface area contributed by atoms with Crippen LogP contribution in [-0.4, -0.2) is 30.9 Å². The third-order valence-corrected chi connectivity index (χ3v) is 6.49. The van der Waals surface area contributed by atoms with E-state index in [2.05, 4.69) is 13.8 Å². The number of aliphatic hydroxyl groups excluding tert-OH is 1. The second-order valence-corrected chi connectivity index (χ2v) is 7.71. The third kappa shape index (κ3) is 2.75. The van der Waals surface area contributed by atoms with Crippen molar-refractivity contribution in [3.63, 3.8) is 0 Å². The van der Waals surface area contributed by atoms with Gasteiger partial charge in [0.2, 0.25) is 10.0 Å². The number of aliphatic hydroxyl groups is 1. The molecule has 1 heterocycles. The van der Waals surface area contributed by atoms with Crippen molar-refractivity contribution in [3.05, 3.63) is 29.3 Å². The highest BCUT2D eigenvalue weighted by Crippen LogP contribution is 2.29. The van der Waals surface area contributed by atoms with Crippen molar-refractivity contribution < 1.29 is 13.5 Å². The van der Waals surface area contributed by atoms with Crippen molar-refractivity contribution in [2.24, 2.45) is 11.8 Å². The van der Waals surface area contributed by atoms with Crippen LogP contribution in [0.4, 0.5) is 0 Å². The van der Waals surface area contributed by atoms with Gasteiger partial charge in [-0.05, 0) is 42.4 Å². The third-order valence-electron chi connectivity index (χ3n) is 4.48. The smallest absolute Gasteiger partial charge is 0.243 e. The SMILES string of the molecule is Cc1c(CO)cccc1S(=O)(=O)N1CCC(C)C(C)C1. The quantitative estimate of drug-likeness (QED) is 0.930. The molecule has 2 rings (SSSR count). The van der Waals surface area contributed by atoms with Crippen LogP contribution in [0.1, 0.15) is 31.4 Å². The standard InChI is InChI=1S/C15H23NO3S/c1-11-7-8-16(9-12(11)2)20(18,19)15-6-4-5-14(10-17)13(15)3/h4-6,11-12,17H,7-10H2,1-3H3. The summed E-state index contributed by atoms with van der Waals surface area (Å²) in [6.45, 7) is 7.05. The molecule has 20 heavy (non-hydrogen) atoms. The first-order valence-electron chi connectivity index (χ1n) is 7.07. The molecule has 5 heteroatoms. The fraction of sp³-hybridized carbons (Fsp3) is 0.600. The molecule has 0 radical (unpaired) electrons. The lowest BCUT2D eigenvalue weighted by molar-refractivity contribution is 0.212. The van der Waals surface area contributed by atoms with E-state index in [9.17, 15) is 13.5 Å². The molecular formula is C15H23NO3S. The molecule has 0 amide bonds. The molecule has 1 aliphatic rings.